The lowest BCUT2D eigenvalue weighted by Crippen LogP contribution is -2.42. The number of thiazole rings is 1. The molecule has 162 valence electrons. The van der Waals surface area contributed by atoms with E-state index in [1.54, 1.807) is 11.3 Å². The Morgan fingerprint density at radius 3 is 2.53 bits per heavy atom. The summed E-state index contributed by atoms with van der Waals surface area (Å²) in [5.41, 5.74) is 5.32. The lowest BCUT2D eigenvalue weighted by Gasteiger charge is -2.34. The van der Waals surface area contributed by atoms with E-state index in [1.165, 1.54) is 48.4 Å². The molecule has 2 aromatic rings. The average Bonchev–Trinajstić information content (AvgIpc) is 3.45. The SMILES string of the molecule is Cc1ncsc1CCCNC1CCN(c2ccc(NC(=O)C3CCCC3)cc2)CC1. The van der Waals surface area contributed by atoms with Crippen molar-refractivity contribution in [3.05, 3.63) is 40.3 Å². The zero-order valence-corrected chi connectivity index (χ0v) is 18.8. The Bertz CT molecular complexity index is 805. The molecule has 1 aliphatic carbocycles. The van der Waals surface area contributed by atoms with Gasteiger partial charge in [0.1, 0.15) is 0 Å². The molecule has 1 aliphatic heterocycles. The number of piperidine rings is 1. The van der Waals surface area contributed by atoms with Crippen molar-refractivity contribution < 1.29 is 4.79 Å². The van der Waals surface area contributed by atoms with Crippen LogP contribution in [-0.2, 0) is 11.2 Å². The van der Waals surface area contributed by atoms with E-state index in [0.717, 1.165) is 44.6 Å². The molecule has 2 N–H and O–H groups in total. The smallest absolute Gasteiger partial charge is 0.227 e. The molecular formula is C24H34N4OS. The van der Waals surface area contributed by atoms with Gasteiger partial charge in [-0.2, -0.15) is 0 Å². The van der Waals surface area contributed by atoms with Crippen LogP contribution in [0, 0.1) is 12.8 Å². The number of amides is 1. The monoisotopic (exact) mass is 426 g/mol. The van der Waals surface area contributed by atoms with E-state index >= 15 is 0 Å². The van der Waals surface area contributed by atoms with Crippen LogP contribution in [0.15, 0.2) is 29.8 Å². The average molecular weight is 427 g/mol. The number of nitrogens with zero attached hydrogens (tertiary/aromatic N) is 2. The van der Waals surface area contributed by atoms with Crippen molar-refractivity contribution in [2.75, 3.05) is 29.9 Å². The first kappa shape index (κ1) is 21.3. The number of carbonyl (C=O) groups excluding carboxylic acids is 1. The molecule has 0 atom stereocenters. The molecule has 1 amide bonds. The number of hydrogen-bond donors (Lipinski definition) is 2. The van der Waals surface area contributed by atoms with E-state index in [4.69, 9.17) is 0 Å². The van der Waals surface area contributed by atoms with Gasteiger partial charge in [0.2, 0.25) is 5.91 Å². The quantitative estimate of drug-likeness (QED) is 0.597. The highest BCUT2D eigenvalue weighted by molar-refractivity contribution is 7.09. The minimum Gasteiger partial charge on any atom is -0.371 e. The summed E-state index contributed by atoms with van der Waals surface area (Å²) in [6, 6.07) is 9.01. The Labute approximate surface area is 184 Å². The fraction of sp³-hybridized carbons (Fsp3) is 0.583. The maximum atomic E-state index is 12.3. The number of aryl methyl sites for hydroxylation is 2. The predicted octanol–water partition coefficient (Wildman–Crippen LogP) is 4.77. The standard InChI is InChI=1S/C24H34N4OS/c1-18-23(30-17-26-18)7-4-14-25-20-12-15-28(16-13-20)22-10-8-21(9-11-22)27-24(29)19-5-2-3-6-19/h8-11,17,19-20,25H,2-7,12-16H2,1H3,(H,27,29). The van der Waals surface area contributed by atoms with Crippen LogP contribution in [0.4, 0.5) is 11.4 Å². The molecule has 6 heteroatoms. The molecule has 1 aromatic heterocycles. The fourth-order valence-corrected chi connectivity index (χ4v) is 5.47. The first-order valence-electron chi connectivity index (χ1n) is 11.5. The van der Waals surface area contributed by atoms with Crippen molar-refractivity contribution in [2.45, 2.75) is 64.3 Å². The third-order valence-electron chi connectivity index (χ3n) is 6.58. The van der Waals surface area contributed by atoms with E-state index in [9.17, 15) is 4.79 Å². The van der Waals surface area contributed by atoms with Crippen molar-refractivity contribution in [3.8, 4) is 0 Å². The number of rotatable bonds is 8. The first-order valence-corrected chi connectivity index (χ1v) is 12.4. The third-order valence-corrected chi connectivity index (χ3v) is 7.57. The number of anilines is 2. The van der Waals surface area contributed by atoms with Gasteiger partial charge in [-0.05, 0) is 76.3 Å². The van der Waals surface area contributed by atoms with Gasteiger partial charge in [0.05, 0.1) is 11.2 Å². The van der Waals surface area contributed by atoms with Gasteiger partial charge in [0, 0.05) is 41.3 Å². The number of benzene rings is 1. The zero-order valence-electron chi connectivity index (χ0n) is 18.0. The highest BCUT2D eigenvalue weighted by Gasteiger charge is 2.23. The summed E-state index contributed by atoms with van der Waals surface area (Å²) in [5, 5.41) is 6.84. The molecule has 4 rings (SSSR count). The molecule has 1 aromatic carbocycles. The molecule has 2 heterocycles. The highest BCUT2D eigenvalue weighted by atomic mass is 32.1. The highest BCUT2D eigenvalue weighted by Crippen LogP contribution is 2.27. The predicted molar refractivity (Wildman–Crippen MR) is 125 cm³/mol. The van der Waals surface area contributed by atoms with Crippen LogP contribution in [-0.4, -0.2) is 36.6 Å². The third kappa shape index (κ3) is 5.61. The van der Waals surface area contributed by atoms with Crippen LogP contribution in [0.2, 0.25) is 0 Å². The summed E-state index contributed by atoms with van der Waals surface area (Å²) in [6.07, 6.45) is 9.12. The van der Waals surface area contributed by atoms with Crippen LogP contribution in [0.1, 0.15) is 55.5 Å². The van der Waals surface area contributed by atoms with E-state index in [2.05, 4.69) is 39.6 Å². The van der Waals surface area contributed by atoms with Gasteiger partial charge in [0.15, 0.2) is 0 Å². The molecule has 30 heavy (non-hydrogen) atoms. The molecular weight excluding hydrogens is 392 g/mol. The zero-order chi connectivity index (χ0) is 20.8. The number of hydrogen-bond acceptors (Lipinski definition) is 5. The lowest BCUT2D eigenvalue weighted by molar-refractivity contribution is -0.119. The van der Waals surface area contributed by atoms with Crippen LogP contribution < -0.4 is 15.5 Å². The molecule has 0 bridgehead atoms. The van der Waals surface area contributed by atoms with E-state index in [1.807, 2.05) is 17.6 Å². The second-order valence-electron chi connectivity index (χ2n) is 8.70. The molecule has 1 saturated heterocycles. The Morgan fingerprint density at radius 1 is 1.13 bits per heavy atom. The van der Waals surface area contributed by atoms with Crippen LogP contribution in [0.3, 0.4) is 0 Å². The Hall–Kier alpha value is -1.92. The van der Waals surface area contributed by atoms with Crippen LogP contribution in [0.5, 0.6) is 0 Å². The van der Waals surface area contributed by atoms with Crippen molar-refractivity contribution in [2.24, 2.45) is 5.92 Å². The Kier molecular flexibility index (Phi) is 7.39. The second-order valence-corrected chi connectivity index (χ2v) is 9.64. The van der Waals surface area contributed by atoms with Crippen molar-refractivity contribution in [1.82, 2.24) is 10.3 Å². The van der Waals surface area contributed by atoms with E-state index in [0.29, 0.717) is 6.04 Å². The van der Waals surface area contributed by atoms with Crippen molar-refractivity contribution in [1.29, 1.82) is 0 Å². The number of nitrogens with one attached hydrogen (secondary N) is 2. The summed E-state index contributed by atoms with van der Waals surface area (Å²) < 4.78 is 0. The molecule has 2 aliphatic rings. The summed E-state index contributed by atoms with van der Waals surface area (Å²) in [6.45, 7) is 5.35. The number of carbonyl (C=O) groups is 1. The van der Waals surface area contributed by atoms with E-state index < -0.39 is 0 Å². The normalized spacial score (nSPS) is 18.1. The van der Waals surface area contributed by atoms with Gasteiger partial charge in [-0.1, -0.05) is 12.8 Å². The minimum atomic E-state index is 0.192. The molecule has 2 fully saturated rings. The van der Waals surface area contributed by atoms with Gasteiger partial charge < -0.3 is 15.5 Å². The van der Waals surface area contributed by atoms with E-state index in [-0.39, 0.29) is 11.8 Å². The summed E-state index contributed by atoms with van der Waals surface area (Å²) in [7, 11) is 0. The van der Waals surface area contributed by atoms with Gasteiger partial charge in [-0.15, -0.1) is 11.3 Å². The Balaban J connectivity index is 1.16. The number of aromatic nitrogens is 1. The van der Waals surface area contributed by atoms with Crippen molar-refractivity contribution in [3.63, 3.8) is 0 Å². The second kappa shape index (κ2) is 10.4. The maximum Gasteiger partial charge on any atom is 0.227 e. The summed E-state index contributed by atoms with van der Waals surface area (Å²) in [5.74, 6) is 0.403. The molecule has 1 saturated carbocycles. The van der Waals surface area contributed by atoms with Crippen LogP contribution >= 0.6 is 11.3 Å². The minimum absolute atomic E-state index is 0.192. The molecule has 0 unspecified atom stereocenters. The maximum absolute atomic E-state index is 12.3. The van der Waals surface area contributed by atoms with Gasteiger partial charge in [0.25, 0.3) is 0 Å². The van der Waals surface area contributed by atoms with Gasteiger partial charge in [-0.25, -0.2) is 4.98 Å². The lowest BCUT2D eigenvalue weighted by atomic mass is 10.0. The first-order chi connectivity index (χ1) is 14.7. The van der Waals surface area contributed by atoms with Crippen molar-refractivity contribution >= 4 is 28.6 Å². The van der Waals surface area contributed by atoms with Crippen LogP contribution in [0.25, 0.3) is 0 Å². The molecule has 0 spiro atoms. The van der Waals surface area contributed by atoms with Gasteiger partial charge >= 0.3 is 0 Å². The summed E-state index contributed by atoms with van der Waals surface area (Å²) in [4.78, 5) is 20.5. The Morgan fingerprint density at radius 2 is 1.87 bits per heavy atom. The summed E-state index contributed by atoms with van der Waals surface area (Å²) >= 11 is 1.78. The molecule has 5 nitrogen and oxygen atoms in total. The fourth-order valence-electron chi connectivity index (χ4n) is 4.65. The molecule has 0 radical (unpaired) electrons. The van der Waals surface area contributed by atoms with Gasteiger partial charge in [-0.3, -0.25) is 4.79 Å². The largest absolute Gasteiger partial charge is 0.371 e. The topological polar surface area (TPSA) is 57.3 Å².